The molecule has 0 saturated carbocycles. The van der Waals surface area contributed by atoms with Gasteiger partial charge in [-0.1, -0.05) is 30.3 Å². The highest BCUT2D eigenvalue weighted by Crippen LogP contribution is 2.35. The third-order valence-electron chi connectivity index (χ3n) is 4.96. The molecule has 0 radical (unpaired) electrons. The molecule has 2 aliphatic heterocycles. The molecule has 0 N–H and O–H groups in total. The van der Waals surface area contributed by atoms with Crippen LogP contribution in [0.5, 0.6) is 0 Å². The molecule has 0 spiro atoms. The summed E-state index contributed by atoms with van der Waals surface area (Å²) in [7, 11) is 0. The van der Waals surface area contributed by atoms with Crippen LogP contribution in [0.25, 0.3) is 0 Å². The van der Waals surface area contributed by atoms with Crippen molar-refractivity contribution in [3.63, 3.8) is 0 Å². The maximum absolute atomic E-state index is 12.7. The molecule has 2 fully saturated rings. The molecule has 3 rings (SSSR count). The third-order valence-corrected chi connectivity index (χ3v) is 4.96. The molecule has 2 aliphatic rings. The molecule has 22 heavy (non-hydrogen) atoms. The van der Waals surface area contributed by atoms with E-state index in [0.29, 0.717) is 11.8 Å². The Balaban J connectivity index is 1.68. The molecule has 1 aromatic rings. The van der Waals surface area contributed by atoms with E-state index in [1.54, 1.807) is 0 Å². The summed E-state index contributed by atoms with van der Waals surface area (Å²) in [6.07, 6.45) is 1.09. The van der Waals surface area contributed by atoms with Gasteiger partial charge in [-0.25, -0.2) is 0 Å². The van der Waals surface area contributed by atoms with Gasteiger partial charge in [-0.15, -0.1) is 0 Å². The van der Waals surface area contributed by atoms with Crippen LogP contribution in [0.15, 0.2) is 30.3 Å². The van der Waals surface area contributed by atoms with E-state index in [1.807, 2.05) is 23.1 Å². The number of hydrogen-bond donors (Lipinski definition) is 0. The van der Waals surface area contributed by atoms with Gasteiger partial charge < -0.3 is 9.64 Å². The van der Waals surface area contributed by atoms with Crippen LogP contribution in [-0.4, -0.2) is 61.6 Å². The number of rotatable bonds is 5. The topological polar surface area (TPSA) is 32.8 Å². The molecule has 0 unspecified atom stereocenters. The maximum Gasteiger partial charge on any atom is 0.230 e. The van der Waals surface area contributed by atoms with E-state index in [-0.39, 0.29) is 5.92 Å². The Kier molecular flexibility index (Phi) is 5.11. The molecule has 0 aliphatic carbocycles. The quantitative estimate of drug-likeness (QED) is 0.834. The molecule has 4 heteroatoms. The number of nitrogens with zero attached hydrogens (tertiary/aromatic N) is 2. The lowest BCUT2D eigenvalue weighted by molar-refractivity contribution is -0.128. The minimum atomic E-state index is 0.0437. The van der Waals surface area contributed by atoms with Crippen LogP contribution >= 0.6 is 0 Å². The number of carbonyl (C=O) groups excluding carboxylic acids is 1. The van der Waals surface area contributed by atoms with Crippen molar-refractivity contribution in [1.29, 1.82) is 0 Å². The minimum absolute atomic E-state index is 0.0437. The summed E-state index contributed by atoms with van der Waals surface area (Å²) in [5, 5.41) is 0. The van der Waals surface area contributed by atoms with Gasteiger partial charge in [0.1, 0.15) is 0 Å². The van der Waals surface area contributed by atoms with Crippen molar-refractivity contribution < 1.29 is 9.53 Å². The van der Waals surface area contributed by atoms with Crippen LogP contribution in [0.1, 0.15) is 24.8 Å². The van der Waals surface area contributed by atoms with E-state index in [4.69, 9.17) is 4.74 Å². The second-order valence-corrected chi connectivity index (χ2v) is 6.27. The first kappa shape index (κ1) is 15.5. The van der Waals surface area contributed by atoms with Crippen molar-refractivity contribution in [2.75, 3.05) is 45.9 Å². The van der Waals surface area contributed by atoms with Crippen molar-refractivity contribution in [2.24, 2.45) is 5.92 Å². The van der Waals surface area contributed by atoms with Gasteiger partial charge >= 0.3 is 0 Å². The summed E-state index contributed by atoms with van der Waals surface area (Å²) in [5.41, 5.74) is 1.18. The Morgan fingerprint density at radius 1 is 1.18 bits per heavy atom. The van der Waals surface area contributed by atoms with Crippen LogP contribution < -0.4 is 0 Å². The van der Waals surface area contributed by atoms with E-state index in [0.717, 1.165) is 52.4 Å². The van der Waals surface area contributed by atoms with Crippen molar-refractivity contribution in [3.8, 4) is 0 Å². The van der Waals surface area contributed by atoms with Gasteiger partial charge in [0.05, 0.1) is 19.1 Å². The minimum Gasteiger partial charge on any atom is -0.379 e. The molecule has 2 heterocycles. The molecule has 1 aromatic carbocycles. The van der Waals surface area contributed by atoms with Crippen molar-refractivity contribution in [3.05, 3.63) is 35.9 Å². The summed E-state index contributed by atoms with van der Waals surface area (Å²) in [4.78, 5) is 17.2. The fourth-order valence-corrected chi connectivity index (χ4v) is 3.67. The SMILES string of the molecule is CCN1C[C@@H](CCN2CCOCC2)[C@@H](c2ccccc2)C1=O. The molecule has 2 atom stereocenters. The number of morpholine rings is 1. The summed E-state index contributed by atoms with van der Waals surface area (Å²) in [6, 6.07) is 10.3. The average Bonchev–Trinajstić information content (AvgIpc) is 2.90. The number of ether oxygens (including phenoxy) is 1. The number of carbonyl (C=O) groups is 1. The molecular formula is C18H26N2O2. The summed E-state index contributed by atoms with van der Waals surface area (Å²) in [5.74, 6) is 0.778. The Hall–Kier alpha value is -1.39. The second kappa shape index (κ2) is 7.25. The van der Waals surface area contributed by atoms with E-state index in [1.165, 1.54) is 5.56 Å². The first-order chi connectivity index (χ1) is 10.8. The van der Waals surface area contributed by atoms with Gasteiger partial charge in [0, 0.05) is 26.2 Å². The molecule has 4 nitrogen and oxygen atoms in total. The van der Waals surface area contributed by atoms with E-state index < -0.39 is 0 Å². The van der Waals surface area contributed by atoms with E-state index >= 15 is 0 Å². The van der Waals surface area contributed by atoms with Crippen LogP contribution in [-0.2, 0) is 9.53 Å². The standard InChI is InChI=1S/C18H26N2O2/c1-2-20-14-16(8-9-19-10-12-22-13-11-19)17(18(20)21)15-6-4-3-5-7-15/h3-7,16-17H,2,8-14H2,1H3/t16-,17-/m1/s1. The molecule has 120 valence electrons. The Bertz CT molecular complexity index is 485. The van der Waals surface area contributed by atoms with Gasteiger partial charge in [-0.2, -0.15) is 0 Å². The zero-order chi connectivity index (χ0) is 15.4. The molecule has 2 saturated heterocycles. The van der Waals surface area contributed by atoms with Gasteiger partial charge in [-0.05, 0) is 31.4 Å². The molecule has 1 amide bonds. The van der Waals surface area contributed by atoms with Crippen molar-refractivity contribution in [1.82, 2.24) is 9.80 Å². The molecule has 0 bridgehead atoms. The van der Waals surface area contributed by atoms with Crippen LogP contribution in [0.4, 0.5) is 0 Å². The lowest BCUT2D eigenvalue weighted by Gasteiger charge is -2.28. The number of hydrogen-bond acceptors (Lipinski definition) is 3. The predicted octanol–water partition coefficient (Wildman–Crippen LogP) is 1.97. The first-order valence-corrected chi connectivity index (χ1v) is 8.43. The van der Waals surface area contributed by atoms with E-state index in [2.05, 4.69) is 24.0 Å². The largest absolute Gasteiger partial charge is 0.379 e. The zero-order valence-corrected chi connectivity index (χ0v) is 13.4. The van der Waals surface area contributed by atoms with Gasteiger partial charge in [0.2, 0.25) is 5.91 Å². The maximum atomic E-state index is 12.7. The Morgan fingerprint density at radius 3 is 2.59 bits per heavy atom. The number of benzene rings is 1. The number of likely N-dealkylation sites (tertiary alicyclic amines) is 1. The summed E-state index contributed by atoms with van der Waals surface area (Å²) >= 11 is 0. The van der Waals surface area contributed by atoms with Gasteiger partial charge in [0.15, 0.2) is 0 Å². The lowest BCUT2D eigenvalue weighted by Crippen LogP contribution is -2.37. The second-order valence-electron chi connectivity index (χ2n) is 6.27. The fraction of sp³-hybridized carbons (Fsp3) is 0.611. The highest BCUT2D eigenvalue weighted by atomic mass is 16.5. The predicted molar refractivity (Wildman–Crippen MR) is 86.8 cm³/mol. The highest BCUT2D eigenvalue weighted by molar-refractivity contribution is 5.86. The van der Waals surface area contributed by atoms with Crippen LogP contribution in [0, 0.1) is 5.92 Å². The average molecular weight is 302 g/mol. The van der Waals surface area contributed by atoms with Crippen LogP contribution in [0.2, 0.25) is 0 Å². The Labute approximate surface area is 133 Å². The smallest absolute Gasteiger partial charge is 0.230 e. The highest BCUT2D eigenvalue weighted by Gasteiger charge is 2.40. The number of likely N-dealkylation sites (N-methyl/N-ethyl adjacent to an activating group) is 1. The van der Waals surface area contributed by atoms with Crippen molar-refractivity contribution in [2.45, 2.75) is 19.3 Å². The summed E-state index contributed by atoms with van der Waals surface area (Å²) in [6.45, 7) is 8.59. The number of amides is 1. The van der Waals surface area contributed by atoms with E-state index in [9.17, 15) is 4.79 Å². The first-order valence-electron chi connectivity index (χ1n) is 8.43. The molecule has 0 aromatic heterocycles. The van der Waals surface area contributed by atoms with Gasteiger partial charge in [-0.3, -0.25) is 9.69 Å². The van der Waals surface area contributed by atoms with Crippen molar-refractivity contribution >= 4 is 5.91 Å². The van der Waals surface area contributed by atoms with Crippen LogP contribution in [0.3, 0.4) is 0 Å². The fourth-order valence-electron chi connectivity index (χ4n) is 3.67. The monoisotopic (exact) mass is 302 g/mol. The van der Waals surface area contributed by atoms with Gasteiger partial charge in [0.25, 0.3) is 0 Å². The third kappa shape index (κ3) is 3.33. The molecular weight excluding hydrogens is 276 g/mol. The zero-order valence-electron chi connectivity index (χ0n) is 13.4. The summed E-state index contributed by atoms with van der Waals surface area (Å²) < 4.78 is 5.41. The normalized spacial score (nSPS) is 26.6. The lowest BCUT2D eigenvalue weighted by atomic mass is 9.86. The Morgan fingerprint density at radius 2 is 1.91 bits per heavy atom.